The van der Waals surface area contributed by atoms with Crippen molar-refractivity contribution in [3.63, 3.8) is 0 Å². The van der Waals surface area contributed by atoms with Gasteiger partial charge in [0, 0.05) is 10.8 Å². The molecule has 0 radical (unpaired) electrons. The standard InChI is InChI=1S/C22H18N4/c1-21(19(13-23)14-24,17-9-5-3-6-10-17)22(2,20(15-25)16-26)18-11-7-4-8-12-18/h3-12,19-20H,1-2H3. The van der Waals surface area contributed by atoms with Crippen LogP contribution in [-0.4, -0.2) is 0 Å². The average Bonchev–Trinajstić information content (AvgIpc) is 2.70. The molecular formula is C22H18N4. The van der Waals surface area contributed by atoms with Crippen LogP contribution in [0.4, 0.5) is 0 Å². The largest absolute Gasteiger partial charge is 0.197 e. The van der Waals surface area contributed by atoms with Gasteiger partial charge in [-0.3, -0.25) is 0 Å². The van der Waals surface area contributed by atoms with Gasteiger partial charge in [0.1, 0.15) is 11.8 Å². The summed E-state index contributed by atoms with van der Waals surface area (Å²) in [6, 6.07) is 26.8. The minimum Gasteiger partial charge on any atom is -0.197 e. The molecule has 0 saturated heterocycles. The number of hydrogen-bond donors (Lipinski definition) is 0. The van der Waals surface area contributed by atoms with Crippen LogP contribution in [0.25, 0.3) is 0 Å². The predicted molar refractivity (Wildman–Crippen MR) is 97.0 cm³/mol. The smallest absolute Gasteiger partial charge is 0.143 e. The molecule has 0 spiro atoms. The van der Waals surface area contributed by atoms with Gasteiger partial charge in [0.15, 0.2) is 0 Å². The summed E-state index contributed by atoms with van der Waals surface area (Å²) in [5, 5.41) is 38.9. The quantitative estimate of drug-likeness (QED) is 0.815. The Morgan fingerprint density at radius 3 is 1.08 bits per heavy atom. The summed E-state index contributed by atoms with van der Waals surface area (Å²) < 4.78 is 0. The van der Waals surface area contributed by atoms with Gasteiger partial charge in [-0.2, -0.15) is 21.0 Å². The van der Waals surface area contributed by atoms with E-state index in [-0.39, 0.29) is 0 Å². The van der Waals surface area contributed by atoms with Gasteiger partial charge in [0.25, 0.3) is 0 Å². The molecule has 0 N–H and O–H groups in total. The van der Waals surface area contributed by atoms with E-state index in [1.165, 1.54) is 0 Å². The van der Waals surface area contributed by atoms with Gasteiger partial charge in [0.05, 0.1) is 24.3 Å². The fourth-order valence-electron chi connectivity index (χ4n) is 3.68. The minimum absolute atomic E-state index is 0.745. The van der Waals surface area contributed by atoms with Gasteiger partial charge in [-0.25, -0.2) is 0 Å². The lowest BCUT2D eigenvalue weighted by molar-refractivity contribution is 0.194. The molecule has 0 aliphatic carbocycles. The molecule has 0 aliphatic heterocycles. The zero-order valence-corrected chi connectivity index (χ0v) is 14.7. The zero-order valence-electron chi connectivity index (χ0n) is 14.7. The van der Waals surface area contributed by atoms with Gasteiger partial charge in [0.2, 0.25) is 0 Å². The van der Waals surface area contributed by atoms with Crippen LogP contribution in [0.2, 0.25) is 0 Å². The monoisotopic (exact) mass is 338 g/mol. The van der Waals surface area contributed by atoms with Crippen LogP contribution in [0.5, 0.6) is 0 Å². The van der Waals surface area contributed by atoms with Crippen molar-refractivity contribution in [3.05, 3.63) is 71.8 Å². The highest BCUT2D eigenvalue weighted by Crippen LogP contribution is 2.52. The first kappa shape index (κ1) is 18.7. The molecule has 0 aromatic heterocycles. The fraction of sp³-hybridized carbons (Fsp3) is 0.273. The second-order valence-corrected chi connectivity index (χ2v) is 6.52. The summed E-state index contributed by atoms with van der Waals surface area (Å²) in [5.41, 5.74) is -0.658. The molecule has 126 valence electrons. The summed E-state index contributed by atoms with van der Waals surface area (Å²) in [5.74, 6) is -2.08. The van der Waals surface area contributed by atoms with E-state index in [0.29, 0.717) is 0 Å². The van der Waals surface area contributed by atoms with E-state index in [2.05, 4.69) is 24.3 Å². The number of hydrogen-bond acceptors (Lipinski definition) is 4. The summed E-state index contributed by atoms with van der Waals surface area (Å²) >= 11 is 0. The van der Waals surface area contributed by atoms with Crippen molar-refractivity contribution < 1.29 is 0 Å². The second kappa shape index (κ2) is 7.53. The van der Waals surface area contributed by atoms with E-state index < -0.39 is 22.7 Å². The predicted octanol–water partition coefficient (Wildman–Crippen LogP) is 4.23. The van der Waals surface area contributed by atoms with Crippen molar-refractivity contribution in [1.29, 1.82) is 21.0 Å². The van der Waals surface area contributed by atoms with Gasteiger partial charge >= 0.3 is 0 Å². The lowest BCUT2D eigenvalue weighted by Crippen LogP contribution is -2.53. The molecule has 0 aliphatic rings. The highest BCUT2D eigenvalue weighted by Gasteiger charge is 2.56. The first-order chi connectivity index (χ1) is 12.5. The van der Waals surface area contributed by atoms with Gasteiger partial charge in [-0.1, -0.05) is 74.5 Å². The Hall–Kier alpha value is -3.60. The lowest BCUT2D eigenvalue weighted by atomic mass is 9.50. The van der Waals surface area contributed by atoms with Crippen LogP contribution in [0.3, 0.4) is 0 Å². The summed E-state index contributed by atoms with van der Waals surface area (Å²) in [7, 11) is 0. The molecule has 4 heteroatoms. The third kappa shape index (κ3) is 2.69. The second-order valence-electron chi connectivity index (χ2n) is 6.52. The summed E-state index contributed by atoms with van der Waals surface area (Å²) in [6.07, 6.45) is 0. The van der Waals surface area contributed by atoms with E-state index >= 15 is 0 Å². The molecular weight excluding hydrogens is 320 g/mol. The van der Waals surface area contributed by atoms with Crippen LogP contribution >= 0.6 is 0 Å². The Morgan fingerprint density at radius 1 is 0.577 bits per heavy atom. The number of nitriles is 4. The topological polar surface area (TPSA) is 95.2 Å². The van der Waals surface area contributed by atoms with Gasteiger partial charge < -0.3 is 0 Å². The molecule has 2 unspecified atom stereocenters. The molecule has 0 fully saturated rings. The molecule has 4 nitrogen and oxygen atoms in total. The molecule has 2 aromatic carbocycles. The van der Waals surface area contributed by atoms with Crippen LogP contribution in [-0.2, 0) is 10.8 Å². The van der Waals surface area contributed by atoms with Crippen molar-refractivity contribution in [2.24, 2.45) is 11.8 Å². The first-order valence-corrected chi connectivity index (χ1v) is 8.20. The molecule has 0 heterocycles. The van der Waals surface area contributed by atoms with Crippen LogP contribution < -0.4 is 0 Å². The van der Waals surface area contributed by atoms with E-state index in [9.17, 15) is 21.0 Å². The molecule has 2 rings (SSSR count). The van der Waals surface area contributed by atoms with Crippen molar-refractivity contribution >= 4 is 0 Å². The number of nitrogens with zero attached hydrogens (tertiary/aromatic N) is 4. The molecule has 0 saturated carbocycles. The Bertz CT molecular complexity index is 817. The van der Waals surface area contributed by atoms with Gasteiger partial charge in [-0.05, 0) is 11.1 Å². The Morgan fingerprint density at radius 2 is 0.846 bits per heavy atom. The maximum atomic E-state index is 9.72. The zero-order chi connectivity index (χ0) is 19.2. The van der Waals surface area contributed by atoms with Crippen molar-refractivity contribution in [2.45, 2.75) is 24.7 Å². The maximum Gasteiger partial charge on any atom is 0.143 e. The Kier molecular flexibility index (Phi) is 5.42. The number of rotatable bonds is 5. The van der Waals surface area contributed by atoms with Crippen molar-refractivity contribution in [3.8, 4) is 24.3 Å². The highest BCUT2D eigenvalue weighted by atomic mass is 14.6. The van der Waals surface area contributed by atoms with E-state index in [4.69, 9.17) is 0 Å². The summed E-state index contributed by atoms with van der Waals surface area (Å²) in [6.45, 7) is 3.60. The Labute approximate surface area is 154 Å². The highest BCUT2D eigenvalue weighted by molar-refractivity contribution is 5.45. The third-order valence-electron chi connectivity index (χ3n) is 5.50. The van der Waals surface area contributed by atoms with E-state index in [1.54, 1.807) is 13.8 Å². The van der Waals surface area contributed by atoms with Crippen molar-refractivity contribution in [1.82, 2.24) is 0 Å². The summed E-state index contributed by atoms with van der Waals surface area (Å²) in [4.78, 5) is 0. The Balaban J connectivity index is 2.94. The van der Waals surface area contributed by atoms with E-state index in [1.807, 2.05) is 60.7 Å². The molecule has 0 bridgehead atoms. The normalized spacial score (nSPS) is 14.9. The average molecular weight is 338 g/mol. The molecule has 2 aromatic rings. The minimum atomic E-state index is -1.07. The SMILES string of the molecule is CC(c1ccccc1)(C(C#N)C#N)C(C)(c1ccccc1)C(C#N)C#N. The fourth-order valence-corrected chi connectivity index (χ4v) is 3.68. The molecule has 2 atom stereocenters. The van der Waals surface area contributed by atoms with Crippen molar-refractivity contribution in [2.75, 3.05) is 0 Å². The van der Waals surface area contributed by atoms with E-state index in [0.717, 1.165) is 11.1 Å². The van der Waals surface area contributed by atoms with Gasteiger partial charge in [-0.15, -0.1) is 0 Å². The lowest BCUT2D eigenvalue weighted by Gasteiger charge is -2.48. The first-order valence-electron chi connectivity index (χ1n) is 8.20. The number of benzene rings is 2. The molecule has 0 amide bonds. The third-order valence-corrected chi connectivity index (χ3v) is 5.50. The van der Waals surface area contributed by atoms with Crippen LogP contribution in [0, 0.1) is 57.2 Å². The molecule has 26 heavy (non-hydrogen) atoms. The van der Waals surface area contributed by atoms with Crippen LogP contribution in [0.15, 0.2) is 60.7 Å². The van der Waals surface area contributed by atoms with Crippen LogP contribution in [0.1, 0.15) is 25.0 Å². The maximum absolute atomic E-state index is 9.72.